The van der Waals surface area contributed by atoms with Crippen molar-refractivity contribution < 1.29 is 9.47 Å². The fraction of sp³-hybridized carbons (Fsp3) is 0.714. The van der Waals surface area contributed by atoms with Gasteiger partial charge in [0.05, 0.1) is 11.7 Å². The van der Waals surface area contributed by atoms with Crippen LogP contribution in [0.2, 0.25) is 0 Å². The summed E-state index contributed by atoms with van der Waals surface area (Å²) in [5, 5.41) is 3.10. The molecule has 2 heterocycles. The molecule has 0 spiro atoms. The Morgan fingerprint density at radius 2 is 2.21 bits per heavy atom. The molecule has 1 saturated heterocycles. The predicted octanol–water partition coefficient (Wildman–Crippen LogP) is 2.51. The number of hydrogen-bond acceptors (Lipinski definition) is 5. The molecule has 1 aliphatic rings. The van der Waals surface area contributed by atoms with Gasteiger partial charge >= 0.3 is 0 Å². The highest BCUT2D eigenvalue weighted by Crippen LogP contribution is 2.25. The van der Waals surface area contributed by atoms with Crippen molar-refractivity contribution in [3.8, 4) is 5.88 Å². The van der Waals surface area contributed by atoms with Crippen molar-refractivity contribution in [2.45, 2.75) is 45.6 Å². The molecule has 0 amide bonds. The minimum atomic E-state index is 0.204. The first-order chi connectivity index (χ1) is 9.11. The predicted molar refractivity (Wildman–Crippen MR) is 74.9 cm³/mol. The minimum Gasteiger partial charge on any atom is -0.475 e. The molecule has 1 aliphatic heterocycles. The molecular formula is C14H23N3O2. The molecule has 1 N–H and O–H groups in total. The summed E-state index contributed by atoms with van der Waals surface area (Å²) in [4.78, 5) is 9.01. The van der Waals surface area contributed by atoms with E-state index in [9.17, 15) is 0 Å². The number of ether oxygens (including phenoxy) is 2. The first-order valence-corrected chi connectivity index (χ1v) is 6.92. The fourth-order valence-electron chi connectivity index (χ4n) is 2.10. The quantitative estimate of drug-likeness (QED) is 0.886. The minimum absolute atomic E-state index is 0.204. The van der Waals surface area contributed by atoms with Gasteiger partial charge in [-0.1, -0.05) is 13.8 Å². The molecular weight excluding hydrogens is 242 g/mol. The van der Waals surface area contributed by atoms with E-state index >= 15 is 0 Å². The zero-order chi connectivity index (χ0) is 13.8. The van der Waals surface area contributed by atoms with E-state index in [2.05, 4.69) is 29.1 Å². The molecule has 1 fully saturated rings. The Morgan fingerprint density at radius 3 is 2.79 bits per heavy atom. The second-order valence-electron chi connectivity index (χ2n) is 5.21. The highest BCUT2D eigenvalue weighted by atomic mass is 16.5. The van der Waals surface area contributed by atoms with Gasteiger partial charge in [-0.3, -0.25) is 0 Å². The molecule has 0 radical (unpaired) electrons. The topological polar surface area (TPSA) is 56.3 Å². The van der Waals surface area contributed by atoms with Crippen molar-refractivity contribution in [3.63, 3.8) is 0 Å². The molecule has 5 nitrogen and oxygen atoms in total. The van der Waals surface area contributed by atoms with Crippen molar-refractivity contribution in [3.05, 3.63) is 11.4 Å². The number of anilines is 1. The molecule has 5 heteroatoms. The van der Waals surface area contributed by atoms with E-state index in [0.29, 0.717) is 12.5 Å². The highest BCUT2D eigenvalue weighted by Gasteiger charge is 2.18. The summed E-state index contributed by atoms with van der Waals surface area (Å²) < 4.78 is 11.4. The average Bonchev–Trinajstić information content (AvgIpc) is 2.90. The highest BCUT2D eigenvalue weighted by molar-refractivity contribution is 5.48. The summed E-state index contributed by atoms with van der Waals surface area (Å²) in [5.74, 6) is 2.58. The largest absolute Gasteiger partial charge is 0.475 e. The molecule has 0 aromatic carbocycles. The fourth-order valence-corrected chi connectivity index (χ4v) is 2.10. The number of aromatic nitrogens is 2. The van der Waals surface area contributed by atoms with Gasteiger partial charge in [-0.05, 0) is 19.8 Å². The van der Waals surface area contributed by atoms with Gasteiger partial charge in [0.1, 0.15) is 18.2 Å². The first kappa shape index (κ1) is 14.1. The van der Waals surface area contributed by atoms with E-state index in [0.717, 1.165) is 36.7 Å². The second-order valence-corrected chi connectivity index (χ2v) is 5.21. The lowest BCUT2D eigenvalue weighted by Gasteiger charge is -2.16. The van der Waals surface area contributed by atoms with Crippen LogP contribution in [-0.2, 0) is 4.74 Å². The molecule has 1 aromatic rings. The molecule has 0 aliphatic carbocycles. The molecule has 1 aromatic heterocycles. The number of nitrogens with zero attached hydrogens (tertiary/aromatic N) is 2. The summed E-state index contributed by atoms with van der Waals surface area (Å²) in [6, 6.07) is 0. The summed E-state index contributed by atoms with van der Waals surface area (Å²) >= 11 is 0. The van der Waals surface area contributed by atoms with Gasteiger partial charge in [-0.25, -0.2) is 4.98 Å². The lowest BCUT2D eigenvalue weighted by Crippen LogP contribution is -2.18. The van der Waals surface area contributed by atoms with Crippen LogP contribution in [0.3, 0.4) is 0 Å². The standard InChI is InChI=1S/C14H23N3O2/c1-9(2)12-16-13(15-4)10(3)14(17-12)19-8-11-6-5-7-18-11/h9,11H,5-8H2,1-4H3,(H,15,16,17). The van der Waals surface area contributed by atoms with Crippen LogP contribution in [0.1, 0.15) is 44.0 Å². The normalized spacial score (nSPS) is 18.9. The lowest BCUT2D eigenvalue weighted by atomic mass is 10.2. The van der Waals surface area contributed by atoms with E-state index in [1.54, 1.807) is 0 Å². The molecule has 1 unspecified atom stereocenters. The van der Waals surface area contributed by atoms with Gasteiger partial charge in [0.15, 0.2) is 0 Å². The maximum atomic E-state index is 5.84. The van der Waals surface area contributed by atoms with Crippen LogP contribution in [0.5, 0.6) is 5.88 Å². The number of nitrogens with one attached hydrogen (secondary N) is 1. The van der Waals surface area contributed by atoms with E-state index in [1.165, 1.54) is 0 Å². The first-order valence-electron chi connectivity index (χ1n) is 6.92. The van der Waals surface area contributed by atoms with E-state index in [-0.39, 0.29) is 12.0 Å². The van der Waals surface area contributed by atoms with Gasteiger partial charge in [0, 0.05) is 19.6 Å². The van der Waals surface area contributed by atoms with Crippen molar-refractivity contribution in [2.24, 2.45) is 0 Å². The van der Waals surface area contributed by atoms with Crippen LogP contribution in [-0.4, -0.2) is 36.3 Å². The zero-order valence-corrected chi connectivity index (χ0v) is 12.2. The zero-order valence-electron chi connectivity index (χ0n) is 12.2. The van der Waals surface area contributed by atoms with Crippen LogP contribution >= 0.6 is 0 Å². The van der Waals surface area contributed by atoms with Gasteiger partial charge < -0.3 is 14.8 Å². The molecule has 19 heavy (non-hydrogen) atoms. The third kappa shape index (κ3) is 3.35. The van der Waals surface area contributed by atoms with E-state index in [4.69, 9.17) is 9.47 Å². The summed E-state index contributed by atoms with van der Waals surface area (Å²) in [7, 11) is 1.86. The Hall–Kier alpha value is -1.36. The Morgan fingerprint density at radius 1 is 1.42 bits per heavy atom. The Kier molecular flexibility index (Phi) is 4.58. The van der Waals surface area contributed by atoms with Crippen molar-refractivity contribution in [1.82, 2.24) is 9.97 Å². The summed E-state index contributed by atoms with van der Waals surface area (Å²) in [6.07, 6.45) is 2.39. The van der Waals surface area contributed by atoms with E-state index in [1.807, 2.05) is 14.0 Å². The van der Waals surface area contributed by atoms with Gasteiger partial charge in [0.2, 0.25) is 5.88 Å². The monoisotopic (exact) mass is 265 g/mol. The molecule has 0 bridgehead atoms. The van der Waals surface area contributed by atoms with Crippen LogP contribution in [0.4, 0.5) is 5.82 Å². The molecule has 2 rings (SSSR count). The number of hydrogen-bond donors (Lipinski definition) is 1. The maximum Gasteiger partial charge on any atom is 0.221 e. The van der Waals surface area contributed by atoms with Crippen molar-refractivity contribution in [2.75, 3.05) is 25.6 Å². The van der Waals surface area contributed by atoms with E-state index < -0.39 is 0 Å². The van der Waals surface area contributed by atoms with Gasteiger partial charge in [-0.2, -0.15) is 4.98 Å². The SMILES string of the molecule is CNc1nc(C(C)C)nc(OCC2CCCO2)c1C. The van der Waals surface area contributed by atoms with Crippen LogP contribution in [0, 0.1) is 6.92 Å². The maximum absolute atomic E-state index is 5.84. The summed E-state index contributed by atoms with van der Waals surface area (Å²) in [6.45, 7) is 7.54. The van der Waals surface area contributed by atoms with Crippen LogP contribution in [0.25, 0.3) is 0 Å². The number of rotatable bonds is 5. The Labute approximate surface area is 114 Å². The van der Waals surface area contributed by atoms with Crippen LogP contribution < -0.4 is 10.1 Å². The molecule has 106 valence electrons. The van der Waals surface area contributed by atoms with Crippen molar-refractivity contribution >= 4 is 5.82 Å². The van der Waals surface area contributed by atoms with Crippen molar-refractivity contribution in [1.29, 1.82) is 0 Å². The molecule has 1 atom stereocenters. The summed E-state index contributed by atoms with van der Waals surface area (Å²) in [5.41, 5.74) is 0.949. The van der Waals surface area contributed by atoms with Gasteiger partial charge in [0.25, 0.3) is 0 Å². The third-order valence-electron chi connectivity index (χ3n) is 3.30. The lowest BCUT2D eigenvalue weighted by molar-refractivity contribution is 0.0659. The second kappa shape index (κ2) is 6.19. The Balaban J connectivity index is 2.14. The smallest absolute Gasteiger partial charge is 0.221 e. The Bertz CT molecular complexity index is 429. The third-order valence-corrected chi connectivity index (χ3v) is 3.30. The molecule has 0 saturated carbocycles. The van der Waals surface area contributed by atoms with Gasteiger partial charge in [-0.15, -0.1) is 0 Å². The van der Waals surface area contributed by atoms with Crippen LogP contribution in [0.15, 0.2) is 0 Å². The average molecular weight is 265 g/mol.